The maximum Gasteiger partial charge on any atom is 0.260 e. The summed E-state index contributed by atoms with van der Waals surface area (Å²) in [5.41, 5.74) is 8.53. The van der Waals surface area contributed by atoms with Gasteiger partial charge in [0.05, 0.1) is 49.8 Å². The molecule has 13 heteroatoms. The number of likely N-dealkylation sites (N-methyl/N-ethyl adjacent to an activating group) is 2. The SMILES string of the molecule is CNCC(=O)Nc1cc(COc2cc(N=C[C@@H]3Cc4ccccc4N3C)c(C=O)cc2OC)cc(COc2cc3c(cc2OC)C(=O)N2c4ccccc4CC2CN3)c1. The highest BCUT2D eigenvalue weighted by Gasteiger charge is 2.37. The predicted molar refractivity (Wildman–Crippen MR) is 229 cm³/mol. The van der Waals surface area contributed by atoms with Crippen molar-refractivity contribution in [1.82, 2.24) is 5.32 Å². The van der Waals surface area contributed by atoms with E-state index in [2.05, 4.69) is 39.0 Å². The third-order valence-electron chi connectivity index (χ3n) is 10.9. The van der Waals surface area contributed by atoms with E-state index in [1.165, 1.54) is 12.7 Å². The number of hydrogen-bond acceptors (Lipinski definition) is 11. The number of rotatable bonds is 14. The number of anilines is 4. The maximum atomic E-state index is 13.9. The molecule has 0 aliphatic carbocycles. The van der Waals surface area contributed by atoms with Crippen LogP contribution >= 0.6 is 0 Å². The number of methoxy groups -OCH3 is 2. The molecule has 13 nitrogen and oxygen atoms in total. The minimum absolute atomic E-state index is 0.0103. The van der Waals surface area contributed by atoms with Crippen LogP contribution in [0, 0.1) is 0 Å². The molecule has 0 aromatic heterocycles. The van der Waals surface area contributed by atoms with Gasteiger partial charge in [0, 0.05) is 54.6 Å². The average Bonchev–Trinajstić information content (AvgIpc) is 3.75. The van der Waals surface area contributed by atoms with Crippen LogP contribution in [0.4, 0.5) is 28.4 Å². The fourth-order valence-corrected chi connectivity index (χ4v) is 8.03. The molecule has 0 spiro atoms. The topological polar surface area (TPSA) is 143 Å². The van der Waals surface area contributed by atoms with Crippen LogP contribution in [-0.2, 0) is 30.8 Å². The van der Waals surface area contributed by atoms with E-state index >= 15 is 0 Å². The van der Waals surface area contributed by atoms with Gasteiger partial charge in [-0.1, -0.05) is 36.4 Å². The predicted octanol–water partition coefficient (Wildman–Crippen LogP) is 6.59. The van der Waals surface area contributed by atoms with Gasteiger partial charge in [0.15, 0.2) is 29.3 Å². The Kier molecular flexibility index (Phi) is 11.2. The van der Waals surface area contributed by atoms with Crippen LogP contribution in [-0.4, -0.2) is 77.8 Å². The number of benzene rings is 5. The first-order valence-corrected chi connectivity index (χ1v) is 19.5. The molecule has 8 rings (SSSR count). The largest absolute Gasteiger partial charge is 0.493 e. The molecule has 0 saturated carbocycles. The summed E-state index contributed by atoms with van der Waals surface area (Å²) in [7, 11) is 6.80. The molecular weight excluding hydrogens is 749 g/mol. The van der Waals surface area contributed by atoms with Crippen molar-refractivity contribution in [2.24, 2.45) is 4.99 Å². The minimum atomic E-state index is -0.214. The molecule has 2 amide bonds. The van der Waals surface area contributed by atoms with Gasteiger partial charge in [-0.3, -0.25) is 19.4 Å². The third kappa shape index (κ3) is 8.01. The number of carbonyl (C=O) groups excluding carboxylic acids is 3. The highest BCUT2D eigenvalue weighted by atomic mass is 16.5. The molecule has 3 aliphatic rings. The summed E-state index contributed by atoms with van der Waals surface area (Å²) in [5.74, 6) is 1.34. The number of nitrogens with zero attached hydrogens (tertiary/aromatic N) is 3. The van der Waals surface area contributed by atoms with Crippen molar-refractivity contribution in [1.29, 1.82) is 0 Å². The van der Waals surface area contributed by atoms with Gasteiger partial charge in [-0.25, -0.2) is 0 Å². The van der Waals surface area contributed by atoms with Crippen molar-refractivity contribution in [2.45, 2.75) is 38.1 Å². The second kappa shape index (κ2) is 16.9. The van der Waals surface area contributed by atoms with E-state index < -0.39 is 0 Å². The van der Waals surface area contributed by atoms with E-state index in [1.54, 1.807) is 32.4 Å². The molecule has 3 N–H and O–H groups in total. The van der Waals surface area contributed by atoms with Crippen LogP contribution in [0.25, 0.3) is 0 Å². The minimum Gasteiger partial charge on any atom is -0.493 e. The summed E-state index contributed by atoms with van der Waals surface area (Å²) < 4.78 is 24.1. The summed E-state index contributed by atoms with van der Waals surface area (Å²) in [6.07, 6.45) is 4.20. The second-order valence-electron chi connectivity index (χ2n) is 14.8. The van der Waals surface area contributed by atoms with Gasteiger partial charge in [-0.15, -0.1) is 0 Å². The Morgan fingerprint density at radius 3 is 2.19 bits per heavy atom. The number of aliphatic imine (C=N–C) groups is 1. The van der Waals surface area contributed by atoms with Crippen LogP contribution in [0.15, 0.2) is 96.0 Å². The molecule has 1 unspecified atom stereocenters. The number of ether oxygens (including phenoxy) is 4. The Bertz CT molecular complexity index is 2450. The normalized spacial score (nSPS) is 16.4. The molecule has 5 aromatic carbocycles. The van der Waals surface area contributed by atoms with E-state index in [-0.39, 0.29) is 43.7 Å². The molecule has 2 atom stereocenters. The van der Waals surface area contributed by atoms with E-state index in [0.29, 0.717) is 57.7 Å². The monoisotopic (exact) mass is 794 g/mol. The smallest absolute Gasteiger partial charge is 0.260 e. The molecule has 3 aliphatic heterocycles. The lowest BCUT2D eigenvalue weighted by Gasteiger charge is -2.22. The van der Waals surface area contributed by atoms with Crippen LogP contribution in [0.3, 0.4) is 0 Å². The Morgan fingerprint density at radius 1 is 0.847 bits per heavy atom. The Labute approximate surface area is 342 Å². The number of amides is 2. The van der Waals surface area contributed by atoms with Gasteiger partial charge in [0.1, 0.15) is 13.2 Å². The van der Waals surface area contributed by atoms with Crippen molar-refractivity contribution < 1.29 is 33.3 Å². The molecule has 302 valence electrons. The quantitative estimate of drug-likeness (QED) is 0.0833. The van der Waals surface area contributed by atoms with Crippen LogP contribution in [0.5, 0.6) is 23.0 Å². The zero-order valence-electron chi connectivity index (χ0n) is 33.4. The molecule has 59 heavy (non-hydrogen) atoms. The summed E-state index contributed by atoms with van der Waals surface area (Å²) in [6, 6.07) is 28.7. The number of hydrogen-bond donors (Lipinski definition) is 3. The summed E-state index contributed by atoms with van der Waals surface area (Å²) in [4.78, 5) is 47.6. The maximum absolute atomic E-state index is 13.9. The Morgan fingerprint density at radius 2 is 1.51 bits per heavy atom. The zero-order valence-corrected chi connectivity index (χ0v) is 33.4. The van der Waals surface area contributed by atoms with E-state index in [0.717, 1.165) is 47.2 Å². The molecule has 3 heterocycles. The van der Waals surface area contributed by atoms with Crippen molar-refractivity contribution in [3.8, 4) is 23.0 Å². The zero-order chi connectivity index (χ0) is 41.0. The second-order valence-corrected chi connectivity index (χ2v) is 14.8. The van der Waals surface area contributed by atoms with Crippen molar-refractivity contribution in [3.05, 3.63) is 124 Å². The summed E-state index contributed by atoms with van der Waals surface area (Å²) >= 11 is 0. The van der Waals surface area contributed by atoms with Crippen molar-refractivity contribution in [2.75, 3.05) is 61.8 Å². The highest BCUT2D eigenvalue weighted by molar-refractivity contribution is 6.12. The van der Waals surface area contributed by atoms with Crippen molar-refractivity contribution in [3.63, 3.8) is 0 Å². The lowest BCUT2D eigenvalue weighted by atomic mass is 10.1. The lowest BCUT2D eigenvalue weighted by Crippen LogP contribution is -2.39. The molecule has 0 saturated heterocycles. The first kappa shape index (κ1) is 39.0. The van der Waals surface area contributed by atoms with Crippen LogP contribution < -0.4 is 44.7 Å². The molecule has 0 bridgehead atoms. The van der Waals surface area contributed by atoms with Gasteiger partial charge < -0.3 is 44.7 Å². The number of nitrogens with one attached hydrogen (secondary N) is 3. The standard InChI is InChI=1S/C46H46N6O7/c1-47-24-45(54)50-33-14-28(26-58-43-20-37(32(25-53)18-41(43)56-3)48-22-34-16-30-9-5-7-11-39(30)51(34)2)13-29(15-33)27-59-44-21-38-36(19-42(44)57-4)46(55)52-35(23-49-38)17-31-10-6-8-12-40(31)52/h5-15,18-22,25,34-35,47,49H,16-17,23-24,26-27H2,1-4H3,(H,50,54)/t34-,35?/m0/s1. The van der Waals surface area contributed by atoms with E-state index in [9.17, 15) is 14.4 Å². The van der Waals surface area contributed by atoms with Crippen LogP contribution in [0.1, 0.15) is 43.0 Å². The fraction of sp³-hybridized carbons (Fsp3) is 0.261. The number of carbonyl (C=O) groups is 3. The number of aldehydes is 1. The summed E-state index contributed by atoms with van der Waals surface area (Å²) in [6.45, 7) is 0.920. The Balaban J connectivity index is 1.02. The molecule has 0 radical (unpaired) electrons. The van der Waals surface area contributed by atoms with Gasteiger partial charge >= 0.3 is 0 Å². The highest BCUT2D eigenvalue weighted by Crippen LogP contribution is 2.41. The third-order valence-corrected chi connectivity index (χ3v) is 10.9. The molecule has 5 aromatic rings. The fourth-order valence-electron chi connectivity index (χ4n) is 8.03. The van der Waals surface area contributed by atoms with E-state index in [1.807, 2.05) is 72.8 Å². The number of fused-ring (bicyclic) bond motifs is 5. The van der Waals surface area contributed by atoms with Gasteiger partial charge in [0.25, 0.3) is 5.91 Å². The lowest BCUT2D eigenvalue weighted by molar-refractivity contribution is -0.115. The van der Waals surface area contributed by atoms with Gasteiger partial charge in [0.2, 0.25) is 5.91 Å². The number of para-hydroxylation sites is 2. The van der Waals surface area contributed by atoms with Crippen LogP contribution in [0.2, 0.25) is 0 Å². The molecular formula is C46H46N6O7. The Hall–Kier alpha value is -6.86. The van der Waals surface area contributed by atoms with Crippen molar-refractivity contribution >= 4 is 52.8 Å². The van der Waals surface area contributed by atoms with Gasteiger partial charge in [-0.2, -0.15) is 0 Å². The first-order valence-electron chi connectivity index (χ1n) is 19.5. The van der Waals surface area contributed by atoms with Gasteiger partial charge in [-0.05, 0) is 84.6 Å². The first-order chi connectivity index (χ1) is 28.8. The summed E-state index contributed by atoms with van der Waals surface area (Å²) in [5, 5.41) is 9.30. The molecule has 0 fully saturated rings. The van der Waals surface area contributed by atoms with E-state index in [4.69, 9.17) is 23.9 Å². The average molecular weight is 795 g/mol.